The Hall–Kier alpha value is -1.61. The van der Waals surface area contributed by atoms with Gasteiger partial charge in [-0.3, -0.25) is 4.79 Å². The van der Waals surface area contributed by atoms with Gasteiger partial charge in [0.05, 0.1) is 6.42 Å². The summed E-state index contributed by atoms with van der Waals surface area (Å²) in [4.78, 5) is 10.7. The Morgan fingerprint density at radius 3 is 2.47 bits per heavy atom. The monoisotopic (exact) mass is 290 g/mol. The molecule has 0 aliphatic rings. The molecule has 0 heterocycles. The zero-order chi connectivity index (χ0) is 12.3. The summed E-state index contributed by atoms with van der Waals surface area (Å²) in [5.41, 5.74) is 2.90. The Kier molecular flexibility index (Phi) is 3.59. The van der Waals surface area contributed by atoms with Crippen LogP contribution in [0.5, 0.6) is 0 Å². The van der Waals surface area contributed by atoms with Crippen molar-refractivity contribution < 1.29 is 9.90 Å². The molecule has 1 N–H and O–H groups in total. The average molecular weight is 291 g/mol. The zero-order valence-corrected chi connectivity index (χ0v) is 10.6. The predicted molar refractivity (Wildman–Crippen MR) is 70.9 cm³/mol. The minimum atomic E-state index is -0.814. The highest BCUT2D eigenvalue weighted by atomic mass is 79.9. The van der Waals surface area contributed by atoms with E-state index in [4.69, 9.17) is 5.11 Å². The van der Waals surface area contributed by atoms with Gasteiger partial charge in [0.25, 0.3) is 0 Å². The topological polar surface area (TPSA) is 37.3 Å². The van der Waals surface area contributed by atoms with E-state index in [1.165, 1.54) is 0 Å². The van der Waals surface area contributed by atoms with Gasteiger partial charge < -0.3 is 5.11 Å². The molecule has 0 spiro atoms. The van der Waals surface area contributed by atoms with Gasteiger partial charge >= 0.3 is 5.97 Å². The molecule has 0 fully saturated rings. The maximum Gasteiger partial charge on any atom is 0.307 e. The van der Waals surface area contributed by atoms with E-state index in [2.05, 4.69) is 15.9 Å². The van der Waals surface area contributed by atoms with Crippen molar-refractivity contribution in [2.75, 3.05) is 0 Å². The van der Waals surface area contributed by atoms with Crippen molar-refractivity contribution in [1.82, 2.24) is 0 Å². The third-order valence-electron chi connectivity index (χ3n) is 2.47. The summed E-state index contributed by atoms with van der Waals surface area (Å²) in [5.74, 6) is -0.814. The van der Waals surface area contributed by atoms with Gasteiger partial charge in [-0.15, -0.1) is 0 Å². The number of hydrogen-bond acceptors (Lipinski definition) is 1. The molecule has 3 heteroatoms. The van der Waals surface area contributed by atoms with Crippen LogP contribution in [0.3, 0.4) is 0 Å². The Morgan fingerprint density at radius 2 is 1.82 bits per heavy atom. The normalized spacial score (nSPS) is 10.2. The third-order valence-corrected chi connectivity index (χ3v) is 3.16. The lowest BCUT2D eigenvalue weighted by molar-refractivity contribution is -0.136. The molecule has 86 valence electrons. The Balaban J connectivity index is 2.43. The molecule has 0 unspecified atom stereocenters. The van der Waals surface area contributed by atoms with E-state index in [-0.39, 0.29) is 6.42 Å². The van der Waals surface area contributed by atoms with Crippen molar-refractivity contribution in [3.05, 3.63) is 58.6 Å². The predicted octanol–water partition coefficient (Wildman–Crippen LogP) is 3.74. The maximum absolute atomic E-state index is 10.7. The first kappa shape index (κ1) is 11.9. The van der Waals surface area contributed by atoms with E-state index >= 15 is 0 Å². The molecule has 2 aromatic carbocycles. The second kappa shape index (κ2) is 5.15. The first-order chi connectivity index (χ1) is 8.16. The molecule has 0 bridgehead atoms. The van der Waals surface area contributed by atoms with E-state index in [1.54, 1.807) is 0 Å². The van der Waals surface area contributed by atoms with Gasteiger partial charge in [0.1, 0.15) is 0 Å². The van der Waals surface area contributed by atoms with Crippen molar-refractivity contribution in [3.8, 4) is 11.1 Å². The maximum atomic E-state index is 10.7. The van der Waals surface area contributed by atoms with Crippen LogP contribution in [-0.2, 0) is 11.2 Å². The number of carboxylic acid groups (broad SMARTS) is 1. The van der Waals surface area contributed by atoms with Crippen LogP contribution in [-0.4, -0.2) is 11.1 Å². The highest BCUT2D eigenvalue weighted by Crippen LogP contribution is 2.29. The molecule has 2 nitrogen and oxygen atoms in total. The first-order valence-corrected chi connectivity index (χ1v) is 6.02. The fraction of sp³-hybridized carbons (Fsp3) is 0.0714. The molecule has 0 aliphatic carbocycles. The Labute approximate surface area is 108 Å². The highest BCUT2D eigenvalue weighted by Gasteiger charge is 2.06. The van der Waals surface area contributed by atoms with Gasteiger partial charge in [-0.25, -0.2) is 0 Å². The minimum Gasteiger partial charge on any atom is -0.481 e. The van der Waals surface area contributed by atoms with Gasteiger partial charge in [-0.1, -0.05) is 52.3 Å². The van der Waals surface area contributed by atoms with Crippen LogP contribution >= 0.6 is 15.9 Å². The van der Waals surface area contributed by atoms with E-state index in [9.17, 15) is 4.79 Å². The molecule has 0 aliphatic heterocycles. The summed E-state index contributed by atoms with van der Waals surface area (Å²) in [6, 6.07) is 15.5. The van der Waals surface area contributed by atoms with Crippen LogP contribution < -0.4 is 0 Å². The quantitative estimate of drug-likeness (QED) is 0.935. The lowest BCUT2D eigenvalue weighted by atomic mass is 10.0. The van der Waals surface area contributed by atoms with Crippen molar-refractivity contribution in [2.24, 2.45) is 0 Å². The van der Waals surface area contributed by atoms with E-state index < -0.39 is 5.97 Å². The van der Waals surface area contributed by atoms with Crippen molar-refractivity contribution in [2.45, 2.75) is 6.42 Å². The van der Waals surface area contributed by atoms with Crippen LogP contribution in [0, 0.1) is 0 Å². The number of hydrogen-bond donors (Lipinski definition) is 1. The molecule has 0 aromatic heterocycles. The molecule has 2 rings (SSSR count). The molecule has 0 saturated heterocycles. The van der Waals surface area contributed by atoms with Gasteiger partial charge in [0.2, 0.25) is 0 Å². The summed E-state index contributed by atoms with van der Waals surface area (Å²) >= 11 is 3.49. The average Bonchev–Trinajstić information content (AvgIpc) is 2.32. The van der Waals surface area contributed by atoms with E-state index in [1.807, 2.05) is 48.5 Å². The fourth-order valence-electron chi connectivity index (χ4n) is 1.70. The molecule has 0 atom stereocenters. The second-order valence-corrected chi connectivity index (χ2v) is 4.61. The zero-order valence-electron chi connectivity index (χ0n) is 9.06. The third kappa shape index (κ3) is 2.94. The van der Waals surface area contributed by atoms with Crippen LogP contribution in [0.4, 0.5) is 0 Å². The smallest absolute Gasteiger partial charge is 0.307 e. The fourth-order valence-corrected chi connectivity index (χ4v) is 2.17. The van der Waals surface area contributed by atoms with Gasteiger partial charge in [0.15, 0.2) is 0 Å². The standard InChI is InChI=1S/C14H11BrO2/c15-13-7-6-10(9-14(16)17)8-12(13)11-4-2-1-3-5-11/h1-8H,9H2,(H,16,17). The summed E-state index contributed by atoms with van der Waals surface area (Å²) in [6.07, 6.45) is 0.0487. The first-order valence-electron chi connectivity index (χ1n) is 5.22. The minimum absolute atomic E-state index is 0.0487. The van der Waals surface area contributed by atoms with Crippen LogP contribution in [0.25, 0.3) is 11.1 Å². The molecular formula is C14H11BrO2. The number of carbonyl (C=O) groups is 1. The van der Waals surface area contributed by atoms with Crippen molar-refractivity contribution >= 4 is 21.9 Å². The number of rotatable bonds is 3. The molecule has 2 aromatic rings. The lowest BCUT2D eigenvalue weighted by Gasteiger charge is -2.07. The molecule has 17 heavy (non-hydrogen) atoms. The summed E-state index contributed by atoms with van der Waals surface area (Å²) < 4.78 is 0.970. The summed E-state index contributed by atoms with van der Waals surface area (Å²) in [5, 5.41) is 8.79. The second-order valence-electron chi connectivity index (χ2n) is 3.75. The van der Waals surface area contributed by atoms with E-state index in [0.717, 1.165) is 21.2 Å². The number of carboxylic acids is 1. The Bertz CT molecular complexity index is 535. The molecular weight excluding hydrogens is 280 g/mol. The lowest BCUT2D eigenvalue weighted by Crippen LogP contribution is -2.00. The van der Waals surface area contributed by atoms with Gasteiger partial charge in [0, 0.05) is 4.47 Å². The van der Waals surface area contributed by atoms with Crippen LogP contribution in [0.2, 0.25) is 0 Å². The van der Waals surface area contributed by atoms with E-state index in [0.29, 0.717) is 0 Å². The largest absolute Gasteiger partial charge is 0.481 e. The van der Waals surface area contributed by atoms with Gasteiger partial charge in [-0.2, -0.15) is 0 Å². The number of benzene rings is 2. The highest BCUT2D eigenvalue weighted by molar-refractivity contribution is 9.10. The Morgan fingerprint density at radius 1 is 1.12 bits per heavy atom. The number of aliphatic carboxylic acids is 1. The van der Waals surface area contributed by atoms with Crippen molar-refractivity contribution in [1.29, 1.82) is 0 Å². The molecule has 0 saturated carbocycles. The SMILES string of the molecule is O=C(O)Cc1ccc(Br)c(-c2ccccc2)c1. The number of halogens is 1. The molecule has 0 amide bonds. The van der Waals surface area contributed by atoms with Gasteiger partial charge in [-0.05, 0) is 28.8 Å². The van der Waals surface area contributed by atoms with Crippen LogP contribution in [0.1, 0.15) is 5.56 Å². The summed E-state index contributed by atoms with van der Waals surface area (Å²) in [6.45, 7) is 0. The summed E-state index contributed by atoms with van der Waals surface area (Å²) in [7, 11) is 0. The van der Waals surface area contributed by atoms with Crippen molar-refractivity contribution in [3.63, 3.8) is 0 Å². The molecule has 0 radical (unpaired) electrons. The van der Waals surface area contributed by atoms with Crippen LogP contribution in [0.15, 0.2) is 53.0 Å².